The smallest absolute Gasteiger partial charge is 0.0454 e. The molecule has 1 atom stereocenters. The van der Waals surface area contributed by atoms with Crippen LogP contribution in [0.15, 0.2) is 18.3 Å². The van der Waals surface area contributed by atoms with Gasteiger partial charge in [-0.05, 0) is 78.5 Å². The molecule has 3 heteroatoms. The molecule has 1 aromatic rings. The first-order valence-electron chi connectivity index (χ1n) is 7.34. The van der Waals surface area contributed by atoms with Gasteiger partial charge in [-0.25, -0.2) is 0 Å². The maximum Gasteiger partial charge on any atom is 0.0454 e. The van der Waals surface area contributed by atoms with Crippen LogP contribution in [0.1, 0.15) is 37.4 Å². The van der Waals surface area contributed by atoms with Gasteiger partial charge >= 0.3 is 0 Å². The van der Waals surface area contributed by atoms with Crippen LogP contribution in [0, 0.1) is 0 Å². The highest BCUT2D eigenvalue weighted by Crippen LogP contribution is 2.38. The molecule has 0 radical (unpaired) electrons. The summed E-state index contributed by atoms with van der Waals surface area (Å²) in [7, 11) is 6.50. The Morgan fingerprint density at radius 1 is 1.42 bits per heavy atom. The summed E-state index contributed by atoms with van der Waals surface area (Å²) in [5.41, 5.74) is 2.91. The minimum atomic E-state index is 0.182. The average Bonchev–Trinajstić information content (AvgIpc) is 2.71. The Hall–Kier alpha value is -0.930. The lowest BCUT2D eigenvalue weighted by atomic mass is 9.87. The van der Waals surface area contributed by atoms with Gasteiger partial charge in [0.05, 0.1) is 0 Å². The maximum absolute atomic E-state index is 4.65. The van der Waals surface area contributed by atoms with E-state index in [1.54, 1.807) is 0 Å². The monoisotopic (exact) mass is 261 g/mol. The third-order valence-corrected chi connectivity index (χ3v) is 4.49. The van der Waals surface area contributed by atoms with Crippen molar-refractivity contribution in [3.8, 4) is 0 Å². The Morgan fingerprint density at radius 2 is 2.21 bits per heavy atom. The molecule has 0 amide bonds. The highest BCUT2D eigenvalue weighted by molar-refractivity contribution is 5.29. The molecule has 19 heavy (non-hydrogen) atoms. The summed E-state index contributed by atoms with van der Waals surface area (Å²) in [4.78, 5) is 9.38. The zero-order valence-electron chi connectivity index (χ0n) is 12.8. The van der Waals surface area contributed by atoms with Gasteiger partial charge in [0.25, 0.3) is 0 Å². The molecule has 1 aliphatic rings. The van der Waals surface area contributed by atoms with E-state index in [4.69, 9.17) is 0 Å². The van der Waals surface area contributed by atoms with Crippen molar-refractivity contribution < 1.29 is 0 Å². The Kier molecular flexibility index (Phi) is 4.58. The van der Waals surface area contributed by atoms with Crippen LogP contribution in [-0.4, -0.2) is 49.0 Å². The zero-order chi connectivity index (χ0) is 13.9. The van der Waals surface area contributed by atoms with E-state index in [0.717, 1.165) is 13.0 Å². The van der Waals surface area contributed by atoms with Gasteiger partial charge in [0.15, 0.2) is 0 Å². The van der Waals surface area contributed by atoms with E-state index in [1.807, 2.05) is 6.20 Å². The lowest BCUT2D eigenvalue weighted by molar-refractivity contribution is 0.195. The highest BCUT2D eigenvalue weighted by Gasteiger charge is 2.37. The van der Waals surface area contributed by atoms with E-state index in [9.17, 15) is 0 Å². The van der Waals surface area contributed by atoms with Crippen LogP contribution >= 0.6 is 0 Å². The lowest BCUT2D eigenvalue weighted by Gasteiger charge is -2.34. The first kappa shape index (κ1) is 14.5. The Balaban J connectivity index is 2.16. The Labute approximate surface area is 117 Å². The van der Waals surface area contributed by atoms with E-state index in [1.165, 1.54) is 37.1 Å². The van der Waals surface area contributed by atoms with Crippen molar-refractivity contribution in [2.45, 2.75) is 38.1 Å². The van der Waals surface area contributed by atoms with Crippen LogP contribution in [-0.2, 0) is 12.0 Å². The second kappa shape index (κ2) is 6.02. The molecule has 1 fully saturated rings. The first-order chi connectivity index (χ1) is 9.04. The number of aryl methyl sites for hydroxylation is 1. The molecule has 0 N–H and O–H groups in total. The van der Waals surface area contributed by atoms with Gasteiger partial charge in [0.2, 0.25) is 0 Å². The number of rotatable bonds is 5. The van der Waals surface area contributed by atoms with Crippen molar-refractivity contribution in [1.82, 2.24) is 14.8 Å². The fourth-order valence-electron chi connectivity index (χ4n) is 3.13. The first-order valence-corrected chi connectivity index (χ1v) is 7.34. The summed E-state index contributed by atoms with van der Waals surface area (Å²) in [6.45, 7) is 4.69. The summed E-state index contributed by atoms with van der Waals surface area (Å²) in [6.07, 6.45) is 6.73. The zero-order valence-corrected chi connectivity index (χ0v) is 12.8. The van der Waals surface area contributed by atoms with Crippen molar-refractivity contribution >= 4 is 0 Å². The van der Waals surface area contributed by atoms with Crippen LogP contribution in [0.3, 0.4) is 0 Å². The average molecular weight is 261 g/mol. The largest absolute Gasteiger partial charge is 0.309 e. The number of aromatic nitrogens is 1. The predicted molar refractivity (Wildman–Crippen MR) is 80.3 cm³/mol. The van der Waals surface area contributed by atoms with Crippen molar-refractivity contribution in [2.24, 2.45) is 0 Å². The van der Waals surface area contributed by atoms with Gasteiger partial charge in [-0.2, -0.15) is 0 Å². The van der Waals surface area contributed by atoms with Crippen molar-refractivity contribution in [3.63, 3.8) is 0 Å². The minimum absolute atomic E-state index is 0.182. The molecule has 1 saturated heterocycles. The number of hydrogen-bond donors (Lipinski definition) is 0. The van der Waals surface area contributed by atoms with Crippen LogP contribution in [0.4, 0.5) is 0 Å². The molecule has 0 aliphatic carbocycles. The highest BCUT2D eigenvalue weighted by atomic mass is 15.2. The summed E-state index contributed by atoms with van der Waals surface area (Å²) in [5.74, 6) is 0. The van der Waals surface area contributed by atoms with Gasteiger partial charge in [-0.3, -0.25) is 9.88 Å². The maximum atomic E-state index is 4.65. The normalized spacial score (nSPS) is 24.3. The Morgan fingerprint density at radius 3 is 2.84 bits per heavy atom. The molecule has 1 aliphatic heterocycles. The van der Waals surface area contributed by atoms with Crippen LogP contribution < -0.4 is 0 Å². The molecule has 0 saturated carbocycles. The number of pyridine rings is 1. The predicted octanol–water partition coefficient (Wildman–Crippen LogP) is 2.52. The second-order valence-electron chi connectivity index (χ2n) is 6.20. The molecule has 2 rings (SSSR count). The second-order valence-corrected chi connectivity index (χ2v) is 6.20. The van der Waals surface area contributed by atoms with Crippen molar-refractivity contribution in [1.29, 1.82) is 0 Å². The molecule has 0 spiro atoms. The SMILES string of the molecule is CN(C)CCCc1ncccc1C1(C)CCCN1C. The molecular weight excluding hydrogens is 234 g/mol. The summed E-state index contributed by atoms with van der Waals surface area (Å²) < 4.78 is 0. The summed E-state index contributed by atoms with van der Waals surface area (Å²) in [5, 5.41) is 0. The molecular formula is C16H27N3. The van der Waals surface area contributed by atoms with Crippen LogP contribution in [0.25, 0.3) is 0 Å². The molecule has 3 nitrogen and oxygen atoms in total. The molecule has 0 aromatic carbocycles. The van der Waals surface area contributed by atoms with E-state index in [-0.39, 0.29) is 5.54 Å². The van der Waals surface area contributed by atoms with Gasteiger partial charge in [-0.1, -0.05) is 6.07 Å². The fourth-order valence-corrected chi connectivity index (χ4v) is 3.13. The van der Waals surface area contributed by atoms with Crippen LogP contribution in [0.5, 0.6) is 0 Å². The molecule has 1 aromatic heterocycles. The third-order valence-electron chi connectivity index (χ3n) is 4.49. The summed E-state index contributed by atoms with van der Waals surface area (Å²) >= 11 is 0. The molecule has 2 heterocycles. The number of likely N-dealkylation sites (tertiary alicyclic amines) is 1. The van der Waals surface area contributed by atoms with E-state index < -0.39 is 0 Å². The van der Waals surface area contributed by atoms with Crippen molar-refractivity contribution in [3.05, 3.63) is 29.6 Å². The van der Waals surface area contributed by atoms with Gasteiger partial charge < -0.3 is 4.90 Å². The number of hydrogen-bond acceptors (Lipinski definition) is 3. The van der Waals surface area contributed by atoms with E-state index in [2.05, 4.69) is 55.0 Å². The molecule has 1 unspecified atom stereocenters. The minimum Gasteiger partial charge on any atom is -0.309 e. The van der Waals surface area contributed by atoms with E-state index in [0.29, 0.717) is 0 Å². The summed E-state index contributed by atoms with van der Waals surface area (Å²) in [6, 6.07) is 4.36. The topological polar surface area (TPSA) is 19.4 Å². The number of nitrogens with zero attached hydrogens (tertiary/aromatic N) is 3. The lowest BCUT2D eigenvalue weighted by Crippen LogP contribution is -2.36. The molecule has 106 valence electrons. The van der Waals surface area contributed by atoms with Gasteiger partial charge in [0.1, 0.15) is 0 Å². The molecule has 0 bridgehead atoms. The van der Waals surface area contributed by atoms with Crippen molar-refractivity contribution in [2.75, 3.05) is 34.2 Å². The quantitative estimate of drug-likeness (QED) is 0.812. The van der Waals surface area contributed by atoms with Crippen LogP contribution in [0.2, 0.25) is 0 Å². The third kappa shape index (κ3) is 3.15. The fraction of sp³-hybridized carbons (Fsp3) is 0.688. The Bertz CT molecular complexity index is 416. The standard InChI is InChI=1S/C16H27N3/c1-16(10-7-13-19(16)4)14-8-5-11-17-15(14)9-6-12-18(2)3/h5,8,11H,6-7,9-10,12-13H2,1-4H3. The van der Waals surface area contributed by atoms with E-state index >= 15 is 0 Å². The van der Waals surface area contributed by atoms with Gasteiger partial charge in [-0.15, -0.1) is 0 Å². The van der Waals surface area contributed by atoms with Gasteiger partial charge in [0, 0.05) is 17.4 Å².